The molecule has 3 rings (SSSR count). The summed E-state index contributed by atoms with van der Waals surface area (Å²) >= 11 is 1.67. The lowest BCUT2D eigenvalue weighted by molar-refractivity contribution is 0.190. The van der Waals surface area contributed by atoms with Crippen molar-refractivity contribution in [2.75, 3.05) is 26.8 Å². The van der Waals surface area contributed by atoms with Crippen molar-refractivity contribution in [3.05, 3.63) is 46.7 Å². The van der Waals surface area contributed by atoms with Gasteiger partial charge in [0.05, 0.1) is 19.7 Å². The molecule has 5 nitrogen and oxygen atoms in total. The number of carbonyl (C=O) groups is 1. The van der Waals surface area contributed by atoms with E-state index in [1.807, 2.05) is 29.2 Å². The van der Waals surface area contributed by atoms with E-state index in [0.29, 0.717) is 24.7 Å². The van der Waals surface area contributed by atoms with Crippen LogP contribution in [0.3, 0.4) is 0 Å². The molecule has 128 valence electrons. The first-order valence-corrected chi connectivity index (χ1v) is 9.06. The van der Waals surface area contributed by atoms with Gasteiger partial charge in [-0.2, -0.15) is 11.3 Å². The van der Waals surface area contributed by atoms with Crippen LogP contribution in [0.25, 0.3) is 0 Å². The summed E-state index contributed by atoms with van der Waals surface area (Å²) in [5, 5.41) is 7.14. The highest BCUT2D eigenvalue weighted by molar-refractivity contribution is 7.07. The molecule has 0 radical (unpaired) electrons. The normalized spacial score (nSPS) is 16.9. The third-order valence-electron chi connectivity index (χ3n) is 4.15. The van der Waals surface area contributed by atoms with Crippen LogP contribution in [0.5, 0.6) is 11.5 Å². The van der Waals surface area contributed by atoms with Crippen molar-refractivity contribution < 1.29 is 14.3 Å². The number of nitrogens with zero attached hydrogens (tertiary/aromatic N) is 1. The van der Waals surface area contributed by atoms with Crippen molar-refractivity contribution in [2.24, 2.45) is 0 Å². The van der Waals surface area contributed by atoms with Crippen molar-refractivity contribution >= 4 is 17.4 Å². The average molecular weight is 346 g/mol. The number of hydrogen-bond acceptors (Lipinski definition) is 4. The Morgan fingerprint density at radius 2 is 2.17 bits per heavy atom. The van der Waals surface area contributed by atoms with Crippen LogP contribution in [0.15, 0.2) is 41.1 Å². The number of rotatable bonds is 6. The number of para-hydroxylation sites is 2. The number of hydrogen-bond donors (Lipinski definition) is 1. The van der Waals surface area contributed by atoms with Crippen molar-refractivity contribution in [1.82, 2.24) is 10.2 Å². The summed E-state index contributed by atoms with van der Waals surface area (Å²) in [5.41, 5.74) is 1.23. The molecular weight excluding hydrogens is 324 g/mol. The van der Waals surface area contributed by atoms with Gasteiger partial charge < -0.3 is 19.7 Å². The van der Waals surface area contributed by atoms with Crippen LogP contribution in [0.1, 0.15) is 24.4 Å². The number of ether oxygens (including phenoxy) is 2. The van der Waals surface area contributed by atoms with Gasteiger partial charge in [0.15, 0.2) is 11.5 Å². The summed E-state index contributed by atoms with van der Waals surface area (Å²) in [5.74, 6) is 1.38. The second-order valence-electron chi connectivity index (χ2n) is 5.64. The van der Waals surface area contributed by atoms with Gasteiger partial charge in [-0.15, -0.1) is 0 Å². The predicted octanol–water partition coefficient (Wildman–Crippen LogP) is 3.68. The second-order valence-corrected chi connectivity index (χ2v) is 6.42. The number of likely N-dealkylation sites (tertiary alicyclic amines) is 1. The minimum atomic E-state index is -0.0210. The molecule has 0 saturated carbocycles. The first-order valence-electron chi connectivity index (χ1n) is 8.12. The Hall–Kier alpha value is -2.21. The highest BCUT2D eigenvalue weighted by Gasteiger charge is 2.29. The maximum atomic E-state index is 12.4. The van der Waals surface area contributed by atoms with E-state index in [1.54, 1.807) is 18.4 Å². The molecule has 1 aliphatic heterocycles. The van der Waals surface area contributed by atoms with Crippen molar-refractivity contribution in [3.63, 3.8) is 0 Å². The van der Waals surface area contributed by atoms with Gasteiger partial charge in [0, 0.05) is 6.54 Å². The van der Waals surface area contributed by atoms with E-state index in [0.717, 1.165) is 19.4 Å². The summed E-state index contributed by atoms with van der Waals surface area (Å²) in [4.78, 5) is 14.3. The molecule has 1 saturated heterocycles. The molecule has 1 aliphatic rings. The molecule has 0 bridgehead atoms. The van der Waals surface area contributed by atoms with Gasteiger partial charge >= 0.3 is 6.03 Å². The molecule has 2 aromatic rings. The summed E-state index contributed by atoms with van der Waals surface area (Å²) in [7, 11) is 1.61. The van der Waals surface area contributed by atoms with E-state index in [1.165, 1.54) is 5.56 Å². The van der Waals surface area contributed by atoms with Crippen LogP contribution in [-0.4, -0.2) is 37.7 Å². The Kier molecular flexibility index (Phi) is 5.59. The Morgan fingerprint density at radius 3 is 2.92 bits per heavy atom. The lowest BCUT2D eigenvalue weighted by Gasteiger charge is -2.24. The van der Waals surface area contributed by atoms with Crippen LogP contribution in [0.4, 0.5) is 4.79 Å². The Balaban J connectivity index is 1.47. The van der Waals surface area contributed by atoms with Gasteiger partial charge in [0.25, 0.3) is 0 Å². The number of nitrogens with one attached hydrogen (secondary N) is 1. The number of carbonyl (C=O) groups excluding carboxylic acids is 1. The first kappa shape index (κ1) is 16.6. The number of thiophene rings is 1. The highest BCUT2D eigenvalue weighted by atomic mass is 32.1. The first-order chi connectivity index (χ1) is 11.8. The van der Waals surface area contributed by atoms with E-state index in [-0.39, 0.29) is 12.1 Å². The Labute approximate surface area is 146 Å². The fourth-order valence-electron chi connectivity index (χ4n) is 2.98. The molecule has 0 spiro atoms. The highest BCUT2D eigenvalue weighted by Crippen LogP contribution is 2.32. The number of urea groups is 1. The fraction of sp³-hybridized carbons (Fsp3) is 0.389. The van der Waals surface area contributed by atoms with E-state index in [9.17, 15) is 4.79 Å². The third kappa shape index (κ3) is 3.82. The molecule has 1 aromatic carbocycles. The van der Waals surface area contributed by atoms with Crippen LogP contribution in [0.2, 0.25) is 0 Å². The zero-order valence-electron chi connectivity index (χ0n) is 13.7. The molecule has 0 aliphatic carbocycles. The molecule has 6 heteroatoms. The quantitative estimate of drug-likeness (QED) is 0.812. The van der Waals surface area contributed by atoms with Gasteiger partial charge in [-0.1, -0.05) is 12.1 Å². The maximum absolute atomic E-state index is 12.4. The van der Waals surface area contributed by atoms with Crippen molar-refractivity contribution in [1.29, 1.82) is 0 Å². The third-order valence-corrected chi connectivity index (χ3v) is 4.85. The minimum Gasteiger partial charge on any atom is -0.493 e. The molecular formula is C18H22N2O3S. The summed E-state index contributed by atoms with van der Waals surface area (Å²) in [6, 6.07) is 9.78. The van der Waals surface area contributed by atoms with Gasteiger partial charge in [0.1, 0.15) is 6.61 Å². The number of amides is 2. The molecule has 0 unspecified atom stereocenters. The number of benzene rings is 1. The molecule has 2 amide bonds. The fourth-order valence-corrected chi connectivity index (χ4v) is 3.69. The van der Waals surface area contributed by atoms with Gasteiger partial charge in [0.2, 0.25) is 0 Å². The molecule has 1 fully saturated rings. The van der Waals surface area contributed by atoms with Crippen LogP contribution < -0.4 is 14.8 Å². The van der Waals surface area contributed by atoms with Crippen molar-refractivity contribution in [3.8, 4) is 11.5 Å². The van der Waals surface area contributed by atoms with Gasteiger partial charge in [-0.3, -0.25) is 0 Å². The molecule has 24 heavy (non-hydrogen) atoms. The van der Waals surface area contributed by atoms with Crippen LogP contribution in [-0.2, 0) is 0 Å². The summed E-state index contributed by atoms with van der Waals surface area (Å²) in [6.07, 6.45) is 2.08. The molecule has 1 N–H and O–H groups in total. The molecule has 2 heterocycles. The van der Waals surface area contributed by atoms with E-state index >= 15 is 0 Å². The lowest BCUT2D eigenvalue weighted by atomic mass is 10.1. The topological polar surface area (TPSA) is 50.8 Å². The average Bonchev–Trinajstić information content (AvgIpc) is 3.29. The monoisotopic (exact) mass is 346 g/mol. The van der Waals surface area contributed by atoms with Crippen LogP contribution in [0, 0.1) is 0 Å². The minimum absolute atomic E-state index is 0.0210. The zero-order chi connectivity index (χ0) is 16.8. The largest absolute Gasteiger partial charge is 0.493 e. The van der Waals surface area contributed by atoms with Crippen LogP contribution >= 0.6 is 11.3 Å². The molecule has 1 atom stereocenters. The Morgan fingerprint density at radius 1 is 1.33 bits per heavy atom. The maximum Gasteiger partial charge on any atom is 0.318 e. The van der Waals surface area contributed by atoms with E-state index < -0.39 is 0 Å². The summed E-state index contributed by atoms with van der Waals surface area (Å²) < 4.78 is 10.9. The standard InChI is InChI=1S/C18H22N2O3S/c1-22-16-6-2-3-7-17(16)23-11-9-19-18(21)20-10-4-5-15(20)14-8-12-24-13-14/h2-3,6-8,12-13,15H,4-5,9-11H2,1H3,(H,19,21)/t15-/m0/s1. The van der Waals surface area contributed by atoms with E-state index in [4.69, 9.17) is 9.47 Å². The second kappa shape index (κ2) is 8.06. The Bertz CT molecular complexity index is 660. The lowest BCUT2D eigenvalue weighted by Crippen LogP contribution is -2.41. The SMILES string of the molecule is COc1ccccc1OCCNC(=O)N1CCC[C@H]1c1ccsc1. The van der Waals surface area contributed by atoms with E-state index in [2.05, 4.69) is 22.1 Å². The zero-order valence-corrected chi connectivity index (χ0v) is 14.6. The predicted molar refractivity (Wildman–Crippen MR) is 94.9 cm³/mol. The van der Waals surface area contributed by atoms with Gasteiger partial charge in [-0.25, -0.2) is 4.79 Å². The van der Waals surface area contributed by atoms with Crippen molar-refractivity contribution in [2.45, 2.75) is 18.9 Å². The van der Waals surface area contributed by atoms with Gasteiger partial charge in [-0.05, 0) is 47.4 Å². The molecule has 1 aromatic heterocycles. The smallest absolute Gasteiger partial charge is 0.318 e. The number of methoxy groups -OCH3 is 1. The summed E-state index contributed by atoms with van der Waals surface area (Å²) in [6.45, 7) is 1.67.